The molecule has 0 spiro atoms. The molecule has 1 nitrogen and oxygen atoms in total. The highest BCUT2D eigenvalue weighted by molar-refractivity contribution is 7.30. The monoisotopic (exact) mass is 156 g/mol. The zero-order valence-electron chi connectivity index (χ0n) is 3.73. The topological polar surface area (TPSA) is 9.23 Å². The van der Waals surface area contributed by atoms with Gasteiger partial charge >= 0.3 is 7.66 Å². The maximum Gasteiger partial charge on any atom is 0.373 e. The van der Waals surface area contributed by atoms with Crippen LogP contribution in [0.5, 0.6) is 0 Å². The molecule has 42 valence electrons. The lowest BCUT2D eigenvalue weighted by Gasteiger charge is -1.94. The number of halogens is 2. The Morgan fingerprint density at radius 3 is 2.43 bits per heavy atom. The fourth-order valence-corrected chi connectivity index (χ4v) is 0.859. The third-order valence-corrected chi connectivity index (χ3v) is 1.54. The molecule has 0 rings (SSSR count). The van der Waals surface area contributed by atoms with E-state index in [1.54, 1.807) is 6.08 Å². The minimum absolute atomic E-state index is 0.462. The molecule has 0 N–H and O–H groups in total. The van der Waals surface area contributed by atoms with E-state index in [0.717, 1.165) is 0 Å². The maximum atomic E-state index is 5.29. The highest BCUT2D eigenvalue weighted by atomic mass is 35.7. The molecule has 0 aliphatic carbocycles. The van der Waals surface area contributed by atoms with Crippen LogP contribution in [-0.4, -0.2) is 14.3 Å². The third-order valence-electron chi connectivity index (χ3n) is 0.340. The van der Waals surface area contributed by atoms with Gasteiger partial charge in [-0.1, -0.05) is 6.08 Å². The van der Waals surface area contributed by atoms with E-state index in [1.807, 2.05) is 0 Å². The summed E-state index contributed by atoms with van der Waals surface area (Å²) in [5, 5.41) is 0. The van der Waals surface area contributed by atoms with Crippen molar-refractivity contribution in [2.24, 2.45) is 0 Å². The van der Waals surface area contributed by atoms with Crippen molar-refractivity contribution < 1.29 is 4.43 Å². The molecule has 0 saturated heterocycles. The van der Waals surface area contributed by atoms with Crippen molar-refractivity contribution in [2.75, 3.05) is 6.61 Å². The van der Waals surface area contributed by atoms with Crippen LogP contribution in [0.1, 0.15) is 0 Å². The molecule has 0 radical (unpaired) electrons. The van der Waals surface area contributed by atoms with Gasteiger partial charge in [-0.25, -0.2) is 0 Å². The van der Waals surface area contributed by atoms with Gasteiger partial charge in [0.25, 0.3) is 0 Å². The molecule has 0 bridgehead atoms. The molecule has 0 heterocycles. The van der Waals surface area contributed by atoms with E-state index in [-0.39, 0.29) is 0 Å². The van der Waals surface area contributed by atoms with Crippen LogP contribution in [0.2, 0.25) is 0 Å². The largest absolute Gasteiger partial charge is 0.391 e. The Morgan fingerprint density at radius 1 is 1.71 bits per heavy atom. The first-order chi connectivity index (χ1) is 3.27. The summed E-state index contributed by atoms with van der Waals surface area (Å²) in [6, 6.07) is 0. The molecular formula is C3H6Cl2OSi. The van der Waals surface area contributed by atoms with Crippen LogP contribution in [0, 0.1) is 0 Å². The van der Waals surface area contributed by atoms with Gasteiger partial charge in [-0.3, -0.25) is 0 Å². The Bertz CT molecular complexity index is 56.9. The van der Waals surface area contributed by atoms with Crippen molar-refractivity contribution in [3.8, 4) is 0 Å². The normalized spacial score (nSPS) is 9.57. The molecule has 0 aromatic carbocycles. The first-order valence-corrected chi connectivity index (χ1v) is 5.74. The average molecular weight is 157 g/mol. The quantitative estimate of drug-likeness (QED) is 0.341. The highest BCUT2D eigenvalue weighted by Crippen LogP contribution is 1.95. The van der Waals surface area contributed by atoms with E-state index in [4.69, 9.17) is 26.6 Å². The van der Waals surface area contributed by atoms with E-state index >= 15 is 0 Å². The molecule has 0 atom stereocenters. The van der Waals surface area contributed by atoms with Crippen LogP contribution in [0.4, 0.5) is 0 Å². The van der Waals surface area contributed by atoms with Crippen LogP contribution in [0.3, 0.4) is 0 Å². The maximum absolute atomic E-state index is 5.29. The predicted molar refractivity (Wildman–Crippen MR) is 35.0 cm³/mol. The lowest BCUT2D eigenvalue weighted by molar-refractivity contribution is 0.391. The second-order valence-electron chi connectivity index (χ2n) is 0.883. The minimum atomic E-state index is -1.81. The summed E-state index contributed by atoms with van der Waals surface area (Å²) >= 11 is 10.6. The van der Waals surface area contributed by atoms with Gasteiger partial charge in [-0.2, -0.15) is 0 Å². The summed E-state index contributed by atoms with van der Waals surface area (Å²) in [5.74, 6) is 0. The van der Waals surface area contributed by atoms with E-state index < -0.39 is 7.66 Å². The Kier molecular flexibility index (Phi) is 4.98. The molecule has 0 aliphatic rings. The molecule has 0 aromatic rings. The predicted octanol–water partition coefficient (Wildman–Crippen LogP) is 1.38. The van der Waals surface area contributed by atoms with Crippen molar-refractivity contribution in [1.82, 2.24) is 0 Å². The first-order valence-electron chi connectivity index (χ1n) is 1.78. The summed E-state index contributed by atoms with van der Waals surface area (Å²) in [7, 11) is -1.81. The third kappa shape index (κ3) is 6.50. The Labute approximate surface area is 54.0 Å². The zero-order valence-corrected chi connectivity index (χ0v) is 6.40. The number of rotatable bonds is 3. The van der Waals surface area contributed by atoms with Gasteiger partial charge in [0.05, 0.1) is 6.61 Å². The van der Waals surface area contributed by atoms with Gasteiger partial charge in [0.1, 0.15) is 0 Å². The minimum Gasteiger partial charge on any atom is -0.391 e. The second-order valence-corrected chi connectivity index (χ2v) is 4.79. The van der Waals surface area contributed by atoms with Crippen LogP contribution < -0.4 is 0 Å². The molecule has 0 saturated carbocycles. The fourth-order valence-electron chi connectivity index (χ4n) is 0.141. The molecule has 7 heavy (non-hydrogen) atoms. The Balaban J connectivity index is 2.81. The summed E-state index contributed by atoms with van der Waals surface area (Å²) < 4.78 is 4.74. The Morgan fingerprint density at radius 2 is 2.29 bits per heavy atom. The van der Waals surface area contributed by atoms with Gasteiger partial charge in [-0.15, -0.1) is 28.7 Å². The van der Waals surface area contributed by atoms with Crippen molar-refractivity contribution >= 4 is 29.8 Å². The highest BCUT2D eigenvalue weighted by Gasteiger charge is 1.96. The van der Waals surface area contributed by atoms with Gasteiger partial charge in [0.15, 0.2) is 0 Å². The SMILES string of the molecule is C=CCO[SiH](Cl)Cl. The smallest absolute Gasteiger partial charge is 0.373 e. The van der Waals surface area contributed by atoms with Crippen LogP contribution in [-0.2, 0) is 4.43 Å². The zero-order chi connectivity index (χ0) is 5.70. The van der Waals surface area contributed by atoms with E-state index in [2.05, 4.69) is 6.58 Å². The van der Waals surface area contributed by atoms with E-state index in [1.165, 1.54) is 0 Å². The fraction of sp³-hybridized carbons (Fsp3) is 0.333. The summed E-state index contributed by atoms with van der Waals surface area (Å²) in [5.41, 5.74) is 0. The molecule has 0 aliphatic heterocycles. The summed E-state index contributed by atoms with van der Waals surface area (Å²) in [6.45, 7) is 3.87. The van der Waals surface area contributed by atoms with Gasteiger partial charge < -0.3 is 4.43 Å². The average Bonchev–Trinajstić information content (AvgIpc) is 1.61. The van der Waals surface area contributed by atoms with Crippen molar-refractivity contribution in [3.05, 3.63) is 12.7 Å². The molecule has 0 aromatic heterocycles. The lowest BCUT2D eigenvalue weighted by Crippen LogP contribution is -2.00. The van der Waals surface area contributed by atoms with E-state index in [9.17, 15) is 0 Å². The second kappa shape index (κ2) is 4.65. The Hall–Kier alpha value is 0.497. The molecule has 0 amide bonds. The molecule has 0 unspecified atom stereocenters. The van der Waals surface area contributed by atoms with Gasteiger partial charge in [0.2, 0.25) is 0 Å². The van der Waals surface area contributed by atoms with Crippen LogP contribution >= 0.6 is 22.2 Å². The van der Waals surface area contributed by atoms with Crippen LogP contribution in [0.15, 0.2) is 12.7 Å². The van der Waals surface area contributed by atoms with Gasteiger partial charge in [-0.05, 0) is 0 Å². The number of hydrogen-bond donors (Lipinski definition) is 0. The molecule has 4 heteroatoms. The number of hydrogen-bond acceptors (Lipinski definition) is 1. The van der Waals surface area contributed by atoms with E-state index in [0.29, 0.717) is 6.61 Å². The standard InChI is InChI=1S/C3H6Cl2OSi/c1-2-3-6-7(4)5/h2,7H,1,3H2. The lowest BCUT2D eigenvalue weighted by atomic mass is 10.7. The molecule has 0 fully saturated rings. The van der Waals surface area contributed by atoms with Gasteiger partial charge in [0, 0.05) is 0 Å². The summed E-state index contributed by atoms with van der Waals surface area (Å²) in [4.78, 5) is 0. The van der Waals surface area contributed by atoms with Crippen molar-refractivity contribution in [1.29, 1.82) is 0 Å². The molecular weight excluding hydrogens is 151 g/mol. The van der Waals surface area contributed by atoms with Crippen molar-refractivity contribution in [2.45, 2.75) is 0 Å². The van der Waals surface area contributed by atoms with Crippen LogP contribution in [0.25, 0.3) is 0 Å². The first kappa shape index (κ1) is 7.50. The van der Waals surface area contributed by atoms with Crippen molar-refractivity contribution in [3.63, 3.8) is 0 Å². The summed E-state index contributed by atoms with van der Waals surface area (Å²) in [6.07, 6.45) is 1.62.